The molecule has 0 amide bonds. The van der Waals surface area contributed by atoms with Crippen molar-refractivity contribution in [2.24, 2.45) is 10.8 Å². The second-order valence-electron chi connectivity index (χ2n) is 6.74. The highest BCUT2D eigenvalue weighted by Crippen LogP contribution is 2.63. The molecule has 0 bridgehead atoms. The molecule has 0 aliphatic heterocycles. The van der Waals surface area contributed by atoms with Crippen molar-refractivity contribution in [3.63, 3.8) is 0 Å². The lowest BCUT2D eigenvalue weighted by Gasteiger charge is -2.19. The van der Waals surface area contributed by atoms with Gasteiger partial charge < -0.3 is 10.1 Å². The van der Waals surface area contributed by atoms with E-state index in [1.165, 1.54) is 5.56 Å². The predicted molar refractivity (Wildman–Crippen MR) is 80.5 cm³/mol. The Morgan fingerprint density at radius 2 is 1.74 bits per heavy atom. The number of hydrogen-bond donors (Lipinski definition) is 1. The van der Waals surface area contributed by atoms with Gasteiger partial charge in [-0.2, -0.15) is 0 Å². The van der Waals surface area contributed by atoms with Crippen molar-refractivity contribution in [1.29, 1.82) is 0 Å². The van der Waals surface area contributed by atoms with E-state index in [1.807, 2.05) is 13.0 Å². The largest absolute Gasteiger partial charge is 0.494 e. The summed E-state index contributed by atoms with van der Waals surface area (Å²) in [5.41, 5.74) is 1.98. The summed E-state index contributed by atoms with van der Waals surface area (Å²) in [7, 11) is 0. The monoisotopic (exact) mass is 261 g/mol. The fraction of sp³-hybridized carbons (Fsp3) is 0.647. The molecule has 0 saturated heterocycles. The molecule has 1 N–H and O–H groups in total. The highest BCUT2D eigenvalue weighted by atomic mass is 16.5. The molecule has 1 fully saturated rings. The second-order valence-corrected chi connectivity index (χ2v) is 6.74. The molecule has 19 heavy (non-hydrogen) atoms. The van der Waals surface area contributed by atoms with Crippen LogP contribution in [0.3, 0.4) is 0 Å². The topological polar surface area (TPSA) is 21.3 Å². The molecule has 1 saturated carbocycles. The summed E-state index contributed by atoms with van der Waals surface area (Å²) in [5.74, 6) is 1.00. The average Bonchev–Trinajstić information content (AvgIpc) is 2.73. The molecule has 0 heterocycles. The van der Waals surface area contributed by atoms with Gasteiger partial charge in [-0.05, 0) is 30.7 Å². The van der Waals surface area contributed by atoms with Gasteiger partial charge in [0.2, 0.25) is 0 Å². The Morgan fingerprint density at radius 1 is 1.16 bits per heavy atom. The summed E-state index contributed by atoms with van der Waals surface area (Å²) < 4.78 is 5.72. The van der Waals surface area contributed by atoms with Crippen molar-refractivity contribution in [1.82, 2.24) is 5.32 Å². The van der Waals surface area contributed by atoms with E-state index in [-0.39, 0.29) is 0 Å². The standard InChI is InChI=1S/C17H27NO/c1-7-19-14-11-9-8-10-13(14)12(2)18-15-16(3,4)17(15,5)6/h8-12,15,18H,7H2,1-6H3. The van der Waals surface area contributed by atoms with Crippen LogP contribution in [0.4, 0.5) is 0 Å². The van der Waals surface area contributed by atoms with Crippen molar-refractivity contribution in [3.8, 4) is 5.75 Å². The van der Waals surface area contributed by atoms with Crippen molar-refractivity contribution in [3.05, 3.63) is 29.8 Å². The third kappa shape index (κ3) is 2.38. The van der Waals surface area contributed by atoms with E-state index in [1.54, 1.807) is 0 Å². The number of ether oxygens (including phenoxy) is 1. The molecule has 2 nitrogen and oxygen atoms in total. The first-order valence-electron chi connectivity index (χ1n) is 7.30. The van der Waals surface area contributed by atoms with Crippen LogP contribution in [0.1, 0.15) is 53.1 Å². The van der Waals surface area contributed by atoms with Crippen molar-refractivity contribution in [2.45, 2.75) is 53.6 Å². The third-order valence-corrected chi connectivity index (χ3v) is 5.12. The maximum absolute atomic E-state index is 5.72. The number of nitrogens with one attached hydrogen (secondary N) is 1. The lowest BCUT2D eigenvalue weighted by Crippen LogP contribution is -2.26. The van der Waals surface area contributed by atoms with Crippen LogP contribution in [0.5, 0.6) is 5.75 Å². The van der Waals surface area contributed by atoms with Crippen LogP contribution in [-0.2, 0) is 0 Å². The van der Waals surface area contributed by atoms with Gasteiger partial charge in [-0.1, -0.05) is 45.9 Å². The second kappa shape index (κ2) is 4.82. The van der Waals surface area contributed by atoms with Gasteiger partial charge in [-0.15, -0.1) is 0 Å². The van der Waals surface area contributed by atoms with Crippen LogP contribution in [0.15, 0.2) is 24.3 Å². The van der Waals surface area contributed by atoms with E-state index in [0.717, 1.165) is 5.75 Å². The number of rotatable bonds is 5. The molecule has 1 atom stereocenters. The molecule has 1 aromatic rings. The molecule has 0 spiro atoms. The van der Waals surface area contributed by atoms with E-state index in [9.17, 15) is 0 Å². The summed E-state index contributed by atoms with van der Waals surface area (Å²) in [6, 6.07) is 9.20. The van der Waals surface area contributed by atoms with Crippen LogP contribution >= 0.6 is 0 Å². The van der Waals surface area contributed by atoms with Gasteiger partial charge in [0.25, 0.3) is 0 Å². The highest BCUT2D eigenvalue weighted by molar-refractivity contribution is 5.36. The molecule has 1 aliphatic rings. The lowest BCUT2D eigenvalue weighted by molar-refractivity contribution is 0.331. The van der Waals surface area contributed by atoms with E-state index in [0.29, 0.717) is 29.5 Å². The first kappa shape index (κ1) is 14.4. The zero-order valence-corrected chi connectivity index (χ0v) is 13.1. The van der Waals surface area contributed by atoms with E-state index < -0.39 is 0 Å². The molecule has 2 rings (SSSR count). The molecule has 0 aromatic heterocycles. The van der Waals surface area contributed by atoms with Gasteiger partial charge in [-0.25, -0.2) is 0 Å². The van der Waals surface area contributed by atoms with Crippen molar-refractivity contribution < 1.29 is 4.74 Å². The molecular formula is C17H27NO. The molecular weight excluding hydrogens is 234 g/mol. The molecule has 1 aliphatic carbocycles. The molecule has 1 aromatic carbocycles. The zero-order chi connectivity index (χ0) is 14.3. The van der Waals surface area contributed by atoms with Gasteiger partial charge in [-0.3, -0.25) is 0 Å². The van der Waals surface area contributed by atoms with Gasteiger partial charge in [0.15, 0.2) is 0 Å². The van der Waals surface area contributed by atoms with E-state index in [4.69, 9.17) is 4.74 Å². The highest BCUT2D eigenvalue weighted by Gasteiger charge is 2.64. The zero-order valence-electron chi connectivity index (χ0n) is 13.1. The summed E-state index contributed by atoms with van der Waals surface area (Å²) in [4.78, 5) is 0. The Kier molecular flexibility index (Phi) is 3.65. The number of hydrogen-bond acceptors (Lipinski definition) is 2. The Morgan fingerprint density at radius 3 is 2.26 bits per heavy atom. The van der Waals surface area contributed by atoms with Gasteiger partial charge in [0, 0.05) is 17.6 Å². The minimum Gasteiger partial charge on any atom is -0.494 e. The number of para-hydroxylation sites is 1. The third-order valence-electron chi connectivity index (χ3n) is 5.12. The summed E-state index contributed by atoms with van der Waals surface area (Å²) >= 11 is 0. The molecule has 2 heteroatoms. The predicted octanol–water partition coefficient (Wildman–Crippen LogP) is 4.17. The van der Waals surface area contributed by atoms with Gasteiger partial charge in [0.1, 0.15) is 5.75 Å². The van der Waals surface area contributed by atoms with Crippen LogP contribution in [0.2, 0.25) is 0 Å². The quantitative estimate of drug-likeness (QED) is 0.859. The molecule has 106 valence electrons. The fourth-order valence-electron chi connectivity index (χ4n) is 3.08. The van der Waals surface area contributed by atoms with Crippen LogP contribution in [-0.4, -0.2) is 12.6 Å². The first-order chi connectivity index (χ1) is 8.82. The van der Waals surface area contributed by atoms with Gasteiger partial charge in [0.05, 0.1) is 6.61 Å². The first-order valence-corrected chi connectivity index (χ1v) is 7.30. The van der Waals surface area contributed by atoms with Crippen LogP contribution < -0.4 is 10.1 Å². The average molecular weight is 261 g/mol. The molecule has 1 unspecified atom stereocenters. The fourth-order valence-corrected chi connectivity index (χ4v) is 3.08. The van der Waals surface area contributed by atoms with Crippen LogP contribution in [0.25, 0.3) is 0 Å². The molecule has 0 radical (unpaired) electrons. The number of benzene rings is 1. The maximum Gasteiger partial charge on any atom is 0.124 e. The summed E-state index contributed by atoms with van der Waals surface area (Å²) in [6.07, 6.45) is 0. The minimum absolute atomic E-state index is 0.314. The minimum atomic E-state index is 0.314. The Bertz CT molecular complexity index is 436. The van der Waals surface area contributed by atoms with Crippen LogP contribution in [0, 0.1) is 10.8 Å². The SMILES string of the molecule is CCOc1ccccc1C(C)NC1C(C)(C)C1(C)C. The summed E-state index contributed by atoms with van der Waals surface area (Å²) in [6.45, 7) is 14.3. The summed E-state index contributed by atoms with van der Waals surface area (Å²) in [5, 5.41) is 3.77. The smallest absolute Gasteiger partial charge is 0.124 e. The van der Waals surface area contributed by atoms with Crippen molar-refractivity contribution >= 4 is 0 Å². The normalized spacial score (nSPS) is 22.0. The van der Waals surface area contributed by atoms with E-state index >= 15 is 0 Å². The Labute approximate surface area is 117 Å². The Balaban J connectivity index is 2.11. The Hall–Kier alpha value is -1.02. The van der Waals surface area contributed by atoms with Gasteiger partial charge >= 0.3 is 0 Å². The van der Waals surface area contributed by atoms with E-state index in [2.05, 4.69) is 58.1 Å². The maximum atomic E-state index is 5.72. The van der Waals surface area contributed by atoms with Crippen molar-refractivity contribution in [2.75, 3.05) is 6.61 Å². The lowest BCUT2D eigenvalue weighted by atomic mass is 10.0.